The van der Waals surface area contributed by atoms with E-state index in [0.29, 0.717) is 12.2 Å². The van der Waals surface area contributed by atoms with Crippen LogP contribution in [0.1, 0.15) is 70.2 Å². The number of alkyl carbamates (subject to hydrolysis) is 1. The molecule has 2 aliphatic heterocycles. The highest BCUT2D eigenvalue weighted by atomic mass is 16.9. The van der Waals surface area contributed by atoms with Gasteiger partial charge in [0.1, 0.15) is 48.7 Å². The van der Waals surface area contributed by atoms with Crippen molar-refractivity contribution in [1.29, 1.82) is 0 Å². The lowest BCUT2D eigenvalue weighted by Gasteiger charge is -2.42. The molecular formula is C50H61N3O12. The van der Waals surface area contributed by atoms with Crippen LogP contribution in [0.25, 0.3) is 0 Å². The van der Waals surface area contributed by atoms with Crippen LogP contribution < -0.4 is 16.0 Å². The van der Waals surface area contributed by atoms with Crippen molar-refractivity contribution in [2.24, 2.45) is 5.92 Å². The van der Waals surface area contributed by atoms with Gasteiger partial charge in [0.25, 0.3) is 5.91 Å². The molecule has 3 N–H and O–H groups in total. The van der Waals surface area contributed by atoms with Gasteiger partial charge in [-0.2, -0.15) is 0 Å². The Labute approximate surface area is 380 Å². The number of amides is 3. The average Bonchev–Trinajstić information content (AvgIpc) is 3.61. The van der Waals surface area contributed by atoms with Crippen molar-refractivity contribution in [2.75, 3.05) is 6.61 Å². The molecule has 2 heterocycles. The van der Waals surface area contributed by atoms with Gasteiger partial charge in [-0.05, 0) is 48.9 Å². The number of carbonyl (C=O) groups is 4. The Morgan fingerprint density at radius 1 is 0.677 bits per heavy atom. The summed E-state index contributed by atoms with van der Waals surface area (Å²) in [5.41, 5.74) is 2.70. The molecule has 2 saturated heterocycles. The lowest BCUT2D eigenvalue weighted by Crippen LogP contribution is -2.59. The minimum Gasteiger partial charge on any atom is -0.458 e. The quantitative estimate of drug-likeness (QED) is 0.0826. The molecule has 0 radical (unpaired) electrons. The predicted molar refractivity (Wildman–Crippen MR) is 238 cm³/mol. The van der Waals surface area contributed by atoms with Gasteiger partial charge in [0.05, 0.1) is 32.8 Å². The maximum Gasteiger partial charge on any atom is 0.408 e. The monoisotopic (exact) mass is 895 g/mol. The third-order valence-corrected chi connectivity index (χ3v) is 10.5. The fourth-order valence-electron chi connectivity index (χ4n) is 7.32. The Bertz CT molecular complexity index is 2120. The van der Waals surface area contributed by atoms with Gasteiger partial charge in [-0.25, -0.2) is 9.59 Å². The Morgan fingerprint density at radius 3 is 1.71 bits per heavy atom. The topological polar surface area (TPSA) is 178 Å². The molecule has 15 heteroatoms. The molecule has 4 aromatic rings. The molecule has 4 unspecified atom stereocenters. The van der Waals surface area contributed by atoms with E-state index in [4.69, 9.17) is 37.9 Å². The number of nitrogens with one attached hydrogen (secondary N) is 3. The van der Waals surface area contributed by atoms with E-state index in [2.05, 4.69) is 16.0 Å². The molecule has 0 aromatic heterocycles. The molecule has 0 bridgehead atoms. The van der Waals surface area contributed by atoms with E-state index in [1.165, 1.54) is 6.92 Å². The van der Waals surface area contributed by atoms with E-state index >= 15 is 0 Å². The van der Waals surface area contributed by atoms with Crippen molar-refractivity contribution < 1.29 is 57.1 Å². The molecule has 348 valence electrons. The lowest BCUT2D eigenvalue weighted by atomic mass is 9.98. The molecule has 4 aromatic carbocycles. The van der Waals surface area contributed by atoms with Crippen molar-refractivity contribution in [2.45, 2.75) is 129 Å². The molecule has 3 amide bonds. The fraction of sp³-hybridized carbons (Fsp3) is 0.440. The van der Waals surface area contributed by atoms with Gasteiger partial charge in [-0.15, -0.1) is 0 Å². The SMILES string of the molecule is CC(C)[C@H](NC(=O)[C@H](CC(=O)NC1(C)OC2C(OCc3ccccc3)[C@H](OCc3ccccc3)C(COCc3ccccc3)O[C@@H]2O1)NC(=O)OCc1ccccc1)C(=O)OC(C)(C)C. The number of ether oxygens (including phenoxy) is 8. The second-order valence-electron chi connectivity index (χ2n) is 17.5. The first-order chi connectivity index (χ1) is 31.1. The van der Waals surface area contributed by atoms with Crippen molar-refractivity contribution in [3.05, 3.63) is 144 Å². The second kappa shape index (κ2) is 23.0. The van der Waals surface area contributed by atoms with E-state index in [9.17, 15) is 19.2 Å². The minimum absolute atomic E-state index is 0.0931. The first kappa shape index (κ1) is 48.8. The summed E-state index contributed by atoms with van der Waals surface area (Å²) < 4.78 is 49.9. The highest BCUT2D eigenvalue weighted by Crippen LogP contribution is 2.39. The maximum atomic E-state index is 14.0. The van der Waals surface area contributed by atoms with Gasteiger partial charge in [0.15, 0.2) is 6.29 Å². The van der Waals surface area contributed by atoms with Gasteiger partial charge in [-0.1, -0.05) is 135 Å². The van der Waals surface area contributed by atoms with Gasteiger partial charge < -0.3 is 53.8 Å². The normalized spacial score (nSPS) is 22.5. The number of hydrogen-bond acceptors (Lipinski definition) is 12. The summed E-state index contributed by atoms with van der Waals surface area (Å²) in [6.45, 7) is 10.9. The third-order valence-electron chi connectivity index (χ3n) is 10.5. The number of rotatable bonds is 20. The van der Waals surface area contributed by atoms with Crippen molar-refractivity contribution in [1.82, 2.24) is 16.0 Å². The summed E-state index contributed by atoms with van der Waals surface area (Å²) in [5.74, 6) is -4.44. The van der Waals surface area contributed by atoms with Crippen LogP contribution in [0, 0.1) is 5.92 Å². The number of fused-ring (bicyclic) bond motifs is 1. The first-order valence-corrected chi connectivity index (χ1v) is 21.9. The molecule has 0 saturated carbocycles. The van der Waals surface area contributed by atoms with Crippen molar-refractivity contribution in [3.8, 4) is 0 Å². The van der Waals surface area contributed by atoms with E-state index < -0.39 is 90.5 Å². The minimum atomic E-state index is -1.81. The molecule has 65 heavy (non-hydrogen) atoms. The molecule has 6 rings (SSSR count). The highest BCUT2D eigenvalue weighted by molar-refractivity contribution is 5.93. The number of hydrogen-bond donors (Lipinski definition) is 3. The summed E-state index contributed by atoms with van der Waals surface area (Å²) in [6, 6.07) is 35.5. The summed E-state index contributed by atoms with van der Waals surface area (Å²) in [4.78, 5) is 54.3. The fourth-order valence-corrected chi connectivity index (χ4v) is 7.32. The summed E-state index contributed by atoms with van der Waals surface area (Å²) in [7, 11) is 0. The lowest BCUT2D eigenvalue weighted by molar-refractivity contribution is -0.280. The van der Waals surface area contributed by atoms with E-state index in [1.54, 1.807) is 58.9 Å². The largest absolute Gasteiger partial charge is 0.458 e. The van der Waals surface area contributed by atoms with Crippen LogP contribution >= 0.6 is 0 Å². The van der Waals surface area contributed by atoms with Crippen LogP contribution in [0.2, 0.25) is 0 Å². The number of esters is 1. The Kier molecular flexibility index (Phi) is 17.2. The molecule has 8 atom stereocenters. The van der Waals surface area contributed by atoms with Crippen LogP contribution in [-0.4, -0.2) is 84.8 Å². The third kappa shape index (κ3) is 14.9. The second-order valence-corrected chi connectivity index (χ2v) is 17.5. The summed E-state index contributed by atoms with van der Waals surface area (Å²) in [6.07, 6.45) is -5.76. The standard InChI is InChI=1S/C50H61N3O12/c1-33(2)41(46(56)64-49(3,4)5)52-45(55)38(51-48(57)61-31-37-25-17-10-18-26-37)27-40(54)53-50(6)63-44-43(60-30-36-23-15-9-16-24-36)42(59-29-35-21-13-8-14-22-35)39(62-47(44)65-50)32-58-28-34-19-11-7-12-20-34/h7-26,33,38-39,41-44,47H,27-32H2,1-6H3,(H,51,57)(H,52,55)(H,53,54)/t38-,39?,41-,42+,43?,44?,47+,50?/m0/s1. The van der Waals surface area contributed by atoms with E-state index in [0.717, 1.165) is 16.7 Å². The summed E-state index contributed by atoms with van der Waals surface area (Å²) >= 11 is 0. The molecule has 2 aliphatic rings. The molecule has 15 nitrogen and oxygen atoms in total. The Balaban J connectivity index is 1.21. The van der Waals surface area contributed by atoms with E-state index in [1.807, 2.05) is 97.1 Å². The molecule has 0 spiro atoms. The first-order valence-electron chi connectivity index (χ1n) is 21.9. The Hall–Kier alpha value is -5.68. The van der Waals surface area contributed by atoms with Crippen LogP contribution in [-0.2, 0) is 78.7 Å². The predicted octanol–water partition coefficient (Wildman–Crippen LogP) is 6.47. The average molecular weight is 896 g/mol. The Morgan fingerprint density at radius 2 is 1.18 bits per heavy atom. The van der Waals surface area contributed by atoms with Gasteiger partial charge >= 0.3 is 12.1 Å². The van der Waals surface area contributed by atoms with Gasteiger partial charge in [0.2, 0.25) is 11.8 Å². The van der Waals surface area contributed by atoms with Gasteiger partial charge in [0, 0.05) is 6.92 Å². The highest BCUT2D eigenvalue weighted by Gasteiger charge is 2.58. The molecule has 2 fully saturated rings. The zero-order valence-electron chi connectivity index (χ0n) is 37.8. The summed E-state index contributed by atoms with van der Waals surface area (Å²) in [5, 5.41) is 7.93. The smallest absolute Gasteiger partial charge is 0.408 e. The van der Waals surface area contributed by atoms with Crippen LogP contribution in [0.3, 0.4) is 0 Å². The van der Waals surface area contributed by atoms with Gasteiger partial charge in [-0.3, -0.25) is 9.59 Å². The zero-order chi connectivity index (χ0) is 46.4. The number of benzene rings is 4. The van der Waals surface area contributed by atoms with Crippen LogP contribution in [0.15, 0.2) is 121 Å². The van der Waals surface area contributed by atoms with Crippen molar-refractivity contribution in [3.63, 3.8) is 0 Å². The number of carbonyl (C=O) groups excluding carboxylic acids is 4. The van der Waals surface area contributed by atoms with Crippen LogP contribution in [0.5, 0.6) is 0 Å². The molecular weight excluding hydrogens is 835 g/mol. The van der Waals surface area contributed by atoms with E-state index in [-0.39, 0.29) is 26.4 Å². The van der Waals surface area contributed by atoms with Crippen LogP contribution in [0.4, 0.5) is 4.79 Å². The molecule has 0 aliphatic carbocycles. The van der Waals surface area contributed by atoms with Crippen molar-refractivity contribution >= 4 is 23.9 Å². The maximum absolute atomic E-state index is 14.0. The zero-order valence-corrected chi connectivity index (χ0v) is 37.8.